The Hall–Kier alpha value is -2.30. The summed E-state index contributed by atoms with van der Waals surface area (Å²) in [4.78, 5) is 8.42. The van der Waals surface area contributed by atoms with Crippen molar-refractivity contribution >= 4 is 17.3 Å². The van der Waals surface area contributed by atoms with Crippen molar-refractivity contribution < 1.29 is 4.74 Å². The second-order valence-electron chi connectivity index (χ2n) is 4.92. The number of hydrogen-bond donors (Lipinski definition) is 2. The van der Waals surface area contributed by atoms with Gasteiger partial charge < -0.3 is 15.4 Å². The largest absolute Gasteiger partial charge is 0.495 e. The van der Waals surface area contributed by atoms with Gasteiger partial charge >= 0.3 is 0 Å². The van der Waals surface area contributed by atoms with Crippen LogP contribution in [0.2, 0.25) is 0 Å². The smallest absolute Gasteiger partial charge is 0.142 e. The van der Waals surface area contributed by atoms with Gasteiger partial charge in [0.25, 0.3) is 0 Å². The van der Waals surface area contributed by atoms with Crippen molar-refractivity contribution in [3.63, 3.8) is 0 Å². The fourth-order valence-electron chi connectivity index (χ4n) is 1.86. The molecule has 0 saturated heterocycles. The Balaban J connectivity index is 2.23. The van der Waals surface area contributed by atoms with Crippen molar-refractivity contribution in [3.05, 3.63) is 36.2 Å². The number of rotatable bonds is 5. The Kier molecular flexibility index (Phi) is 4.40. The van der Waals surface area contributed by atoms with Crippen LogP contribution in [-0.2, 0) is 0 Å². The molecule has 1 aromatic heterocycles. The summed E-state index contributed by atoms with van der Waals surface area (Å²) < 4.78 is 5.35. The third-order valence-electron chi connectivity index (χ3n) is 2.72. The van der Waals surface area contributed by atoms with Crippen molar-refractivity contribution in [1.82, 2.24) is 9.97 Å². The second kappa shape index (κ2) is 6.23. The van der Waals surface area contributed by atoms with E-state index in [1.165, 1.54) is 6.33 Å². The summed E-state index contributed by atoms with van der Waals surface area (Å²) >= 11 is 0. The molecular weight excluding hydrogens is 252 g/mol. The zero-order valence-electron chi connectivity index (χ0n) is 12.3. The van der Waals surface area contributed by atoms with Gasteiger partial charge in [-0.15, -0.1) is 0 Å². The third-order valence-corrected chi connectivity index (χ3v) is 2.72. The minimum absolute atomic E-state index is 0.325. The Morgan fingerprint density at radius 3 is 2.55 bits per heavy atom. The van der Waals surface area contributed by atoms with E-state index in [9.17, 15) is 0 Å². The number of nitrogens with zero attached hydrogens (tertiary/aromatic N) is 2. The predicted octanol–water partition coefficient (Wildman–Crippen LogP) is 3.36. The van der Waals surface area contributed by atoms with Gasteiger partial charge in [0.2, 0.25) is 0 Å². The lowest BCUT2D eigenvalue weighted by Crippen LogP contribution is -2.11. The zero-order chi connectivity index (χ0) is 14.5. The van der Waals surface area contributed by atoms with Gasteiger partial charge in [-0.2, -0.15) is 0 Å². The van der Waals surface area contributed by atoms with Crippen LogP contribution in [0.4, 0.5) is 17.3 Å². The zero-order valence-corrected chi connectivity index (χ0v) is 12.3. The molecule has 0 aliphatic carbocycles. The van der Waals surface area contributed by atoms with Crippen LogP contribution in [-0.4, -0.2) is 23.1 Å². The first-order chi connectivity index (χ1) is 9.58. The van der Waals surface area contributed by atoms with Crippen molar-refractivity contribution in [2.75, 3.05) is 17.7 Å². The second-order valence-corrected chi connectivity index (χ2v) is 4.92. The van der Waals surface area contributed by atoms with Crippen LogP contribution in [0, 0.1) is 6.92 Å². The highest BCUT2D eigenvalue weighted by atomic mass is 16.5. The predicted molar refractivity (Wildman–Crippen MR) is 81.8 cm³/mol. The molecule has 0 atom stereocenters. The SMILES string of the molecule is COc1ccc(C)cc1Nc1cc(NC(C)C)ncn1. The van der Waals surface area contributed by atoms with Crippen LogP contribution in [0.15, 0.2) is 30.6 Å². The summed E-state index contributed by atoms with van der Waals surface area (Å²) in [6, 6.07) is 8.17. The van der Waals surface area contributed by atoms with E-state index in [0.717, 1.165) is 28.6 Å². The van der Waals surface area contributed by atoms with Crippen LogP contribution in [0.5, 0.6) is 5.75 Å². The number of nitrogens with one attached hydrogen (secondary N) is 2. The molecule has 5 nitrogen and oxygen atoms in total. The van der Waals surface area contributed by atoms with Gasteiger partial charge in [0.1, 0.15) is 23.7 Å². The average molecular weight is 272 g/mol. The van der Waals surface area contributed by atoms with Crippen LogP contribution in [0.1, 0.15) is 19.4 Å². The van der Waals surface area contributed by atoms with E-state index in [1.807, 2.05) is 31.2 Å². The van der Waals surface area contributed by atoms with Gasteiger partial charge in [0.05, 0.1) is 12.8 Å². The maximum absolute atomic E-state index is 5.35. The van der Waals surface area contributed by atoms with Gasteiger partial charge in [-0.1, -0.05) is 6.07 Å². The molecule has 0 aliphatic rings. The van der Waals surface area contributed by atoms with Crippen molar-refractivity contribution in [2.45, 2.75) is 26.8 Å². The molecule has 0 amide bonds. The van der Waals surface area contributed by atoms with Gasteiger partial charge in [0.15, 0.2) is 0 Å². The number of hydrogen-bond acceptors (Lipinski definition) is 5. The molecule has 1 aromatic carbocycles. The molecule has 2 rings (SSSR count). The monoisotopic (exact) mass is 272 g/mol. The molecule has 20 heavy (non-hydrogen) atoms. The number of ether oxygens (including phenoxy) is 1. The third kappa shape index (κ3) is 3.60. The van der Waals surface area contributed by atoms with Crippen LogP contribution >= 0.6 is 0 Å². The minimum atomic E-state index is 0.325. The first-order valence-electron chi connectivity index (χ1n) is 6.58. The van der Waals surface area contributed by atoms with Gasteiger partial charge in [-0.05, 0) is 38.5 Å². The van der Waals surface area contributed by atoms with E-state index in [2.05, 4.69) is 34.4 Å². The molecule has 5 heteroatoms. The molecule has 106 valence electrons. The minimum Gasteiger partial charge on any atom is -0.495 e. The molecule has 0 fully saturated rings. The van der Waals surface area contributed by atoms with E-state index in [-0.39, 0.29) is 0 Å². The summed E-state index contributed by atoms with van der Waals surface area (Å²) in [5.41, 5.74) is 2.05. The lowest BCUT2D eigenvalue weighted by Gasteiger charge is -2.13. The van der Waals surface area contributed by atoms with Crippen molar-refractivity contribution in [3.8, 4) is 5.75 Å². The fraction of sp³-hybridized carbons (Fsp3) is 0.333. The normalized spacial score (nSPS) is 10.4. The number of aryl methyl sites for hydroxylation is 1. The summed E-state index contributed by atoms with van der Waals surface area (Å²) in [5.74, 6) is 2.31. The number of methoxy groups -OCH3 is 1. The highest BCUT2D eigenvalue weighted by molar-refractivity contribution is 5.66. The quantitative estimate of drug-likeness (QED) is 0.874. The van der Waals surface area contributed by atoms with E-state index < -0.39 is 0 Å². The standard InChI is InChI=1S/C15H20N4O/c1-10(2)18-14-8-15(17-9-16-14)19-12-7-11(3)5-6-13(12)20-4/h5-10H,1-4H3,(H2,16,17,18,19). The lowest BCUT2D eigenvalue weighted by atomic mass is 10.2. The maximum atomic E-state index is 5.35. The molecule has 0 spiro atoms. The first-order valence-corrected chi connectivity index (χ1v) is 6.58. The highest BCUT2D eigenvalue weighted by Crippen LogP contribution is 2.28. The summed E-state index contributed by atoms with van der Waals surface area (Å²) in [5, 5.41) is 6.51. The molecular formula is C15H20N4O. The van der Waals surface area contributed by atoms with Crippen LogP contribution < -0.4 is 15.4 Å². The van der Waals surface area contributed by atoms with E-state index in [0.29, 0.717) is 6.04 Å². The van der Waals surface area contributed by atoms with Gasteiger partial charge in [0, 0.05) is 12.1 Å². The number of anilines is 3. The number of benzene rings is 1. The number of aromatic nitrogens is 2. The summed E-state index contributed by atoms with van der Waals surface area (Å²) in [6.45, 7) is 6.17. The molecule has 0 aliphatic heterocycles. The Labute approximate surface area is 119 Å². The topological polar surface area (TPSA) is 59.1 Å². The van der Waals surface area contributed by atoms with Crippen molar-refractivity contribution in [2.24, 2.45) is 0 Å². The summed E-state index contributed by atoms with van der Waals surface area (Å²) in [7, 11) is 1.65. The summed E-state index contributed by atoms with van der Waals surface area (Å²) in [6.07, 6.45) is 1.54. The molecule has 1 heterocycles. The molecule has 0 bridgehead atoms. The van der Waals surface area contributed by atoms with E-state index >= 15 is 0 Å². The molecule has 0 radical (unpaired) electrons. The van der Waals surface area contributed by atoms with Crippen molar-refractivity contribution in [1.29, 1.82) is 0 Å². The Morgan fingerprint density at radius 1 is 1.10 bits per heavy atom. The lowest BCUT2D eigenvalue weighted by molar-refractivity contribution is 0.416. The molecule has 2 aromatic rings. The highest BCUT2D eigenvalue weighted by Gasteiger charge is 2.06. The van der Waals surface area contributed by atoms with Crippen LogP contribution in [0.3, 0.4) is 0 Å². The maximum Gasteiger partial charge on any atom is 0.142 e. The van der Waals surface area contributed by atoms with E-state index in [4.69, 9.17) is 4.74 Å². The Bertz CT molecular complexity index is 584. The first kappa shape index (κ1) is 14.1. The van der Waals surface area contributed by atoms with Crippen LogP contribution in [0.25, 0.3) is 0 Å². The van der Waals surface area contributed by atoms with Gasteiger partial charge in [-0.3, -0.25) is 0 Å². The molecule has 0 unspecified atom stereocenters. The molecule has 0 saturated carbocycles. The fourth-order valence-corrected chi connectivity index (χ4v) is 1.86. The van der Waals surface area contributed by atoms with Gasteiger partial charge in [-0.25, -0.2) is 9.97 Å². The average Bonchev–Trinajstić information content (AvgIpc) is 2.38. The Morgan fingerprint density at radius 2 is 1.85 bits per heavy atom. The van der Waals surface area contributed by atoms with E-state index in [1.54, 1.807) is 7.11 Å². The molecule has 2 N–H and O–H groups in total.